The van der Waals surface area contributed by atoms with Crippen LogP contribution in [0.25, 0.3) is 11.0 Å². The highest BCUT2D eigenvalue weighted by molar-refractivity contribution is 6.33. The van der Waals surface area contributed by atoms with Crippen molar-refractivity contribution < 1.29 is 9.78 Å². The topological polar surface area (TPSA) is 71.9 Å². The largest absolute Gasteiger partial charge is 0.398 e. The van der Waals surface area contributed by atoms with Crippen LogP contribution in [0.4, 0.5) is 5.95 Å². The summed E-state index contributed by atoms with van der Waals surface area (Å²) in [6, 6.07) is 1.91. The van der Waals surface area contributed by atoms with Crippen LogP contribution in [0.1, 0.15) is 26.5 Å². The van der Waals surface area contributed by atoms with Crippen LogP contribution in [0.5, 0.6) is 0 Å². The molecule has 0 aliphatic carbocycles. The van der Waals surface area contributed by atoms with Crippen LogP contribution in [0.15, 0.2) is 6.07 Å². The van der Waals surface area contributed by atoms with Crippen LogP contribution in [0.2, 0.25) is 5.15 Å². The Labute approximate surface area is 110 Å². The number of nitrogens with one attached hydrogen (secondary N) is 3. The molecule has 1 amide bonds. The minimum atomic E-state index is -0.481. The predicted molar refractivity (Wildman–Crippen MR) is 70.5 cm³/mol. The van der Waals surface area contributed by atoms with E-state index in [1.54, 1.807) is 0 Å². The van der Waals surface area contributed by atoms with Gasteiger partial charge in [0.15, 0.2) is 0 Å². The summed E-state index contributed by atoms with van der Waals surface area (Å²) < 4.78 is 0. The van der Waals surface area contributed by atoms with Gasteiger partial charge in [-0.2, -0.15) is 0 Å². The van der Waals surface area contributed by atoms with Crippen molar-refractivity contribution in [3.63, 3.8) is 0 Å². The van der Waals surface area contributed by atoms with E-state index >= 15 is 0 Å². The highest BCUT2D eigenvalue weighted by atomic mass is 35.5. The van der Waals surface area contributed by atoms with E-state index in [1.807, 2.05) is 33.8 Å². The molecule has 0 spiro atoms. The molecule has 0 bridgehead atoms. The molecule has 2 heterocycles. The standard InChI is InChI=1S/C12H15ClN4O/c1-6-5-7-8(14-6)9(13)16-11(15-7)17-10(18)12(2,3)4/h5,14H,1-4H3,(H,15,16,17,18)/p+1. The van der Waals surface area contributed by atoms with Crippen molar-refractivity contribution in [2.45, 2.75) is 27.7 Å². The van der Waals surface area contributed by atoms with Gasteiger partial charge in [-0.1, -0.05) is 4.98 Å². The lowest BCUT2D eigenvalue weighted by atomic mass is 9.96. The van der Waals surface area contributed by atoms with Gasteiger partial charge in [0, 0.05) is 5.69 Å². The van der Waals surface area contributed by atoms with Crippen LogP contribution in [-0.4, -0.2) is 15.9 Å². The summed E-state index contributed by atoms with van der Waals surface area (Å²) in [6.45, 7) is 7.44. The summed E-state index contributed by atoms with van der Waals surface area (Å²) >= 11 is 6.06. The average Bonchev–Trinajstić information content (AvgIpc) is 2.57. The Morgan fingerprint density at radius 2 is 2.17 bits per heavy atom. The van der Waals surface area contributed by atoms with Crippen molar-refractivity contribution in [3.05, 3.63) is 16.9 Å². The number of fused-ring (bicyclic) bond motifs is 1. The van der Waals surface area contributed by atoms with Gasteiger partial charge in [0.05, 0.1) is 5.41 Å². The predicted octanol–water partition coefficient (Wildman–Crippen LogP) is 2.32. The molecule has 2 aromatic heterocycles. The maximum atomic E-state index is 11.9. The van der Waals surface area contributed by atoms with Crippen molar-refractivity contribution in [2.24, 2.45) is 5.41 Å². The molecule has 0 aromatic carbocycles. The van der Waals surface area contributed by atoms with Crippen molar-refractivity contribution >= 4 is 34.5 Å². The first kappa shape index (κ1) is 12.8. The number of carbonyl (C=O) groups excluding carboxylic acids is 1. The van der Waals surface area contributed by atoms with Crippen LogP contribution in [0.3, 0.4) is 0 Å². The summed E-state index contributed by atoms with van der Waals surface area (Å²) in [7, 11) is 0. The number of amides is 1. The van der Waals surface area contributed by atoms with E-state index in [-0.39, 0.29) is 5.91 Å². The Kier molecular flexibility index (Phi) is 3.02. The van der Waals surface area contributed by atoms with Gasteiger partial charge in [-0.3, -0.25) is 4.79 Å². The molecule has 0 atom stereocenters. The smallest absolute Gasteiger partial charge is 0.352 e. The Morgan fingerprint density at radius 3 is 2.78 bits per heavy atom. The molecule has 0 aliphatic rings. The Morgan fingerprint density at radius 1 is 1.50 bits per heavy atom. The second-order valence-corrected chi connectivity index (χ2v) is 5.68. The van der Waals surface area contributed by atoms with Gasteiger partial charge in [-0.25, -0.2) is 10.3 Å². The first-order valence-electron chi connectivity index (χ1n) is 5.67. The fourth-order valence-electron chi connectivity index (χ4n) is 1.51. The van der Waals surface area contributed by atoms with E-state index in [4.69, 9.17) is 11.6 Å². The molecule has 18 heavy (non-hydrogen) atoms. The van der Waals surface area contributed by atoms with Crippen molar-refractivity contribution in [1.82, 2.24) is 9.97 Å². The van der Waals surface area contributed by atoms with E-state index in [0.29, 0.717) is 11.1 Å². The van der Waals surface area contributed by atoms with Gasteiger partial charge >= 0.3 is 5.95 Å². The molecule has 6 heteroatoms. The molecule has 0 saturated carbocycles. The zero-order valence-electron chi connectivity index (χ0n) is 10.8. The van der Waals surface area contributed by atoms with Gasteiger partial charge in [0.25, 0.3) is 5.91 Å². The molecule has 0 saturated heterocycles. The number of carbonyl (C=O) groups is 1. The molecule has 5 nitrogen and oxygen atoms in total. The van der Waals surface area contributed by atoms with Gasteiger partial charge in [-0.15, -0.1) is 0 Å². The van der Waals surface area contributed by atoms with Crippen molar-refractivity contribution in [1.29, 1.82) is 0 Å². The third-order valence-electron chi connectivity index (χ3n) is 2.53. The van der Waals surface area contributed by atoms with Gasteiger partial charge in [0.1, 0.15) is 11.0 Å². The number of H-pyrrole nitrogens is 2. The average molecular weight is 268 g/mol. The highest BCUT2D eigenvalue weighted by Gasteiger charge is 2.27. The van der Waals surface area contributed by atoms with E-state index in [9.17, 15) is 4.79 Å². The first-order chi connectivity index (χ1) is 8.27. The highest BCUT2D eigenvalue weighted by Crippen LogP contribution is 2.20. The number of rotatable bonds is 1. The van der Waals surface area contributed by atoms with E-state index < -0.39 is 5.41 Å². The second kappa shape index (κ2) is 4.24. The summed E-state index contributed by atoms with van der Waals surface area (Å²) in [6.07, 6.45) is 0. The molecule has 3 N–H and O–H groups in total. The number of hydrogen-bond acceptors (Lipinski definition) is 2. The lowest BCUT2D eigenvalue weighted by Crippen LogP contribution is -2.31. The van der Waals surface area contributed by atoms with Gasteiger partial charge < -0.3 is 4.98 Å². The number of hydrogen-bond donors (Lipinski definition) is 2. The van der Waals surface area contributed by atoms with Crippen LogP contribution < -0.4 is 10.3 Å². The Balaban J connectivity index is 2.38. The molecule has 2 aromatic rings. The monoisotopic (exact) mass is 267 g/mol. The molecule has 0 fully saturated rings. The summed E-state index contributed by atoms with van der Waals surface area (Å²) in [5.74, 6) is 0.236. The zero-order valence-corrected chi connectivity index (χ0v) is 11.6. The zero-order chi connectivity index (χ0) is 13.5. The molecule has 0 unspecified atom stereocenters. The molecular formula is C12H16ClN4O+. The maximum Gasteiger partial charge on any atom is 0.398 e. The number of anilines is 1. The van der Waals surface area contributed by atoms with Crippen LogP contribution in [-0.2, 0) is 4.79 Å². The minimum Gasteiger partial charge on any atom is -0.352 e. The Hall–Kier alpha value is -1.62. The van der Waals surface area contributed by atoms with E-state index in [0.717, 1.165) is 16.7 Å². The third-order valence-corrected chi connectivity index (χ3v) is 2.81. The van der Waals surface area contributed by atoms with Crippen LogP contribution in [0, 0.1) is 12.3 Å². The second-order valence-electron chi connectivity index (χ2n) is 5.32. The number of aryl methyl sites for hydroxylation is 1. The lowest BCUT2D eigenvalue weighted by Gasteiger charge is -2.12. The first-order valence-corrected chi connectivity index (χ1v) is 6.05. The van der Waals surface area contributed by atoms with E-state index in [2.05, 4.69) is 20.3 Å². The fraction of sp³-hybridized carbons (Fsp3) is 0.417. The maximum absolute atomic E-state index is 11.9. The van der Waals surface area contributed by atoms with E-state index in [1.165, 1.54) is 0 Å². The fourth-order valence-corrected chi connectivity index (χ4v) is 1.75. The number of aromatic amines is 2. The number of halogens is 1. The molecule has 2 rings (SSSR count). The van der Waals surface area contributed by atoms with Crippen LogP contribution >= 0.6 is 11.6 Å². The Bertz CT molecular complexity index is 612. The number of nitrogens with zero attached hydrogens (tertiary/aromatic N) is 1. The number of aromatic nitrogens is 3. The van der Waals surface area contributed by atoms with Crippen molar-refractivity contribution in [2.75, 3.05) is 5.32 Å². The third kappa shape index (κ3) is 2.46. The minimum absolute atomic E-state index is 0.117. The molecule has 0 aliphatic heterocycles. The van der Waals surface area contributed by atoms with Gasteiger partial charge in [-0.05, 0) is 45.4 Å². The normalized spacial score (nSPS) is 11.8. The molecule has 0 radical (unpaired) electrons. The molecular weight excluding hydrogens is 252 g/mol. The van der Waals surface area contributed by atoms with Gasteiger partial charge in [0.2, 0.25) is 5.15 Å². The summed E-state index contributed by atoms with van der Waals surface area (Å²) in [5.41, 5.74) is 2.05. The van der Waals surface area contributed by atoms with Crippen molar-refractivity contribution in [3.8, 4) is 0 Å². The molecule has 96 valence electrons. The quantitative estimate of drug-likeness (QED) is 0.779. The summed E-state index contributed by atoms with van der Waals surface area (Å²) in [5, 5.41) is 3.05. The lowest BCUT2D eigenvalue weighted by molar-refractivity contribution is -0.331. The summed E-state index contributed by atoms with van der Waals surface area (Å²) in [4.78, 5) is 22.1. The SMILES string of the molecule is Cc1cc2[nH+]c(NC(=O)C(C)(C)C)nc(Cl)c2[nH]1.